The molecular formula is C28H30FN3O3. The van der Waals surface area contributed by atoms with Gasteiger partial charge in [0.1, 0.15) is 17.3 Å². The Morgan fingerprint density at radius 2 is 1.66 bits per heavy atom. The van der Waals surface area contributed by atoms with Gasteiger partial charge >= 0.3 is 0 Å². The number of piperazine rings is 1. The van der Waals surface area contributed by atoms with E-state index in [9.17, 15) is 14.0 Å². The first-order valence-corrected chi connectivity index (χ1v) is 11.8. The van der Waals surface area contributed by atoms with Gasteiger partial charge in [0, 0.05) is 55.6 Å². The van der Waals surface area contributed by atoms with Gasteiger partial charge in [0.25, 0.3) is 0 Å². The van der Waals surface area contributed by atoms with E-state index in [1.807, 2.05) is 29.2 Å². The zero-order chi connectivity index (χ0) is 24.8. The minimum absolute atomic E-state index is 0.229. The van der Waals surface area contributed by atoms with Crippen LogP contribution in [0.2, 0.25) is 0 Å². The minimum Gasteiger partial charge on any atom is -0.457 e. The molecule has 2 amide bonds. The number of carbonyl (C=O) groups is 2. The lowest BCUT2D eigenvalue weighted by atomic mass is 10.1. The molecule has 1 fully saturated rings. The molecule has 2 aromatic carbocycles. The number of halogens is 1. The maximum absolute atomic E-state index is 13.1. The predicted octanol–water partition coefficient (Wildman–Crippen LogP) is 5.43. The standard InChI is InChI=1S/C28H30FN3O3/c1-20(2)19-28(34)32-17-15-31(16-18-32)24-9-7-23(8-10-24)30-27(33)14-12-25-11-13-26(35-25)21-3-5-22(29)6-4-21/h3-14,20H,15-19H2,1-2H3,(H,30,33)/b14-12+. The molecular weight excluding hydrogens is 445 g/mol. The fraction of sp³-hybridized carbons (Fsp3) is 0.286. The average Bonchev–Trinajstić information content (AvgIpc) is 3.32. The zero-order valence-corrected chi connectivity index (χ0v) is 20.0. The first kappa shape index (κ1) is 24.3. The highest BCUT2D eigenvalue weighted by Crippen LogP contribution is 2.23. The highest BCUT2D eigenvalue weighted by Gasteiger charge is 2.21. The number of nitrogens with one attached hydrogen (secondary N) is 1. The van der Waals surface area contributed by atoms with Crippen molar-refractivity contribution >= 4 is 29.3 Å². The van der Waals surface area contributed by atoms with Gasteiger partial charge in [-0.1, -0.05) is 13.8 Å². The molecule has 0 atom stereocenters. The Labute approximate surface area is 205 Å². The van der Waals surface area contributed by atoms with Crippen LogP contribution in [0.1, 0.15) is 26.0 Å². The molecule has 1 N–H and O–H groups in total. The van der Waals surface area contributed by atoms with Gasteiger partial charge in [-0.2, -0.15) is 0 Å². The van der Waals surface area contributed by atoms with Crippen LogP contribution in [0, 0.1) is 11.7 Å². The summed E-state index contributed by atoms with van der Waals surface area (Å²) in [6.45, 7) is 7.16. The van der Waals surface area contributed by atoms with Gasteiger partial charge in [-0.05, 0) is 72.7 Å². The Balaban J connectivity index is 1.27. The predicted molar refractivity (Wildman–Crippen MR) is 136 cm³/mol. The molecule has 1 aromatic heterocycles. The summed E-state index contributed by atoms with van der Waals surface area (Å²) in [7, 11) is 0. The van der Waals surface area contributed by atoms with Gasteiger partial charge in [0.05, 0.1) is 0 Å². The van der Waals surface area contributed by atoms with Gasteiger partial charge < -0.3 is 19.5 Å². The molecule has 4 rings (SSSR count). The molecule has 0 saturated carbocycles. The van der Waals surface area contributed by atoms with Crippen molar-refractivity contribution in [3.8, 4) is 11.3 Å². The molecule has 2 heterocycles. The number of carbonyl (C=O) groups excluding carboxylic acids is 2. The van der Waals surface area contributed by atoms with Gasteiger partial charge in [-0.25, -0.2) is 4.39 Å². The molecule has 0 spiro atoms. The van der Waals surface area contributed by atoms with Gasteiger partial charge in [-0.3, -0.25) is 9.59 Å². The number of anilines is 2. The van der Waals surface area contributed by atoms with E-state index in [0.29, 0.717) is 29.5 Å². The SMILES string of the molecule is CC(C)CC(=O)N1CCN(c2ccc(NC(=O)/C=C/c3ccc(-c4ccc(F)cc4)o3)cc2)CC1. The zero-order valence-electron chi connectivity index (χ0n) is 20.0. The molecule has 1 saturated heterocycles. The molecule has 6 nitrogen and oxygen atoms in total. The van der Waals surface area contributed by atoms with Crippen molar-refractivity contribution in [2.75, 3.05) is 36.4 Å². The van der Waals surface area contributed by atoms with Crippen molar-refractivity contribution in [2.24, 2.45) is 5.92 Å². The van der Waals surface area contributed by atoms with Crippen LogP contribution in [0.15, 0.2) is 71.2 Å². The summed E-state index contributed by atoms with van der Waals surface area (Å²) < 4.78 is 18.8. The van der Waals surface area contributed by atoms with Gasteiger partial charge in [-0.15, -0.1) is 0 Å². The first-order chi connectivity index (χ1) is 16.9. The lowest BCUT2D eigenvalue weighted by molar-refractivity contribution is -0.132. The van der Waals surface area contributed by atoms with E-state index in [0.717, 1.165) is 37.4 Å². The number of amides is 2. The van der Waals surface area contributed by atoms with Crippen LogP contribution in [0.25, 0.3) is 17.4 Å². The van der Waals surface area contributed by atoms with Crippen molar-refractivity contribution in [2.45, 2.75) is 20.3 Å². The monoisotopic (exact) mass is 475 g/mol. The van der Waals surface area contributed by atoms with Crippen molar-refractivity contribution in [3.05, 3.63) is 78.3 Å². The lowest BCUT2D eigenvalue weighted by Gasteiger charge is -2.36. The number of furan rings is 1. The number of hydrogen-bond acceptors (Lipinski definition) is 4. The van der Waals surface area contributed by atoms with Crippen LogP contribution in [-0.4, -0.2) is 42.9 Å². The van der Waals surface area contributed by atoms with E-state index in [1.165, 1.54) is 18.2 Å². The van der Waals surface area contributed by atoms with E-state index in [2.05, 4.69) is 24.1 Å². The second-order valence-electron chi connectivity index (χ2n) is 9.04. The highest BCUT2D eigenvalue weighted by atomic mass is 19.1. The highest BCUT2D eigenvalue weighted by molar-refractivity contribution is 6.01. The minimum atomic E-state index is -0.304. The van der Waals surface area contributed by atoms with Crippen molar-refractivity contribution < 1.29 is 18.4 Å². The normalized spacial score (nSPS) is 14.1. The summed E-state index contributed by atoms with van der Waals surface area (Å²) in [5.41, 5.74) is 2.53. The number of benzene rings is 2. The Hall–Kier alpha value is -3.87. The Kier molecular flexibility index (Phi) is 7.65. The number of rotatable bonds is 7. The maximum Gasteiger partial charge on any atom is 0.248 e. The second kappa shape index (κ2) is 11.0. The topological polar surface area (TPSA) is 65.8 Å². The molecule has 0 bridgehead atoms. The molecule has 7 heteroatoms. The second-order valence-corrected chi connectivity index (χ2v) is 9.04. The third-order valence-electron chi connectivity index (χ3n) is 5.87. The third-order valence-corrected chi connectivity index (χ3v) is 5.87. The molecule has 0 radical (unpaired) electrons. The molecule has 35 heavy (non-hydrogen) atoms. The molecule has 0 aliphatic carbocycles. The molecule has 3 aromatic rings. The van der Waals surface area contributed by atoms with E-state index in [-0.39, 0.29) is 17.6 Å². The van der Waals surface area contributed by atoms with Gasteiger partial charge in [0.2, 0.25) is 11.8 Å². The molecule has 182 valence electrons. The van der Waals surface area contributed by atoms with E-state index >= 15 is 0 Å². The quantitative estimate of drug-likeness (QED) is 0.463. The number of nitrogens with zero attached hydrogens (tertiary/aromatic N) is 2. The molecule has 1 aliphatic heterocycles. The molecule has 1 aliphatic rings. The fourth-order valence-electron chi connectivity index (χ4n) is 4.00. The summed E-state index contributed by atoms with van der Waals surface area (Å²) in [5, 5.41) is 2.85. The summed E-state index contributed by atoms with van der Waals surface area (Å²) in [6, 6.07) is 17.3. The largest absolute Gasteiger partial charge is 0.457 e. The third kappa shape index (κ3) is 6.59. The van der Waals surface area contributed by atoms with Crippen LogP contribution in [0.3, 0.4) is 0 Å². The maximum atomic E-state index is 13.1. The van der Waals surface area contributed by atoms with Crippen LogP contribution >= 0.6 is 0 Å². The lowest BCUT2D eigenvalue weighted by Crippen LogP contribution is -2.49. The average molecular weight is 476 g/mol. The summed E-state index contributed by atoms with van der Waals surface area (Å²) in [5.74, 6) is 1.16. The van der Waals surface area contributed by atoms with Gasteiger partial charge in [0.15, 0.2) is 0 Å². The van der Waals surface area contributed by atoms with E-state index in [4.69, 9.17) is 4.42 Å². The van der Waals surface area contributed by atoms with E-state index < -0.39 is 0 Å². The summed E-state index contributed by atoms with van der Waals surface area (Å²) in [6.07, 6.45) is 3.60. The summed E-state index contributed by atoms with van der Waals surface area (Å²) >= 11 is 0. The van der Waals surface area contributed by atoms with E-state index in [1.54, 1.807) is 30.3 Å². The summed E-state index contributed by atoms with van der Waals surface area (Å²) in [4.78, 5) is 28.8. The van der Waals surface area contributed by atoms with Crippen molar-refractivity contribution in [1.29, 1.82) is 0 Å². The van der Waals surface area contributed by atoms with Crippen molar-refractivity contribution in [1.82, 2.24) is 4.90 Å². The fourth-order valence-corrected chi connectivity index (χ4v) is 4.00. The Morgan fingerprint density at radius 3 is 2.31 bits per heavy atom. The Bertz CT molecular complexity index is 1170. The smallest absolute Gasteiger partial charge is 0.248 e. The van der Waals surface area contributed by atoms with Crippen LogP contribution in [0.4, 0.5) is 15.8 Å². The number of hydrogen-bond donors (Lipinski definition) is 1. The van der Waals surface area contributed by atoms with Crippen LogP contribution in [-0.2, 0) is 9.59 Å². The van der Waals surface area contributed by atoms with Crippen LogP contribution in [0.5, 0.6) is 0 Å². The first-order valence-electron chi connectivity index (χ1n) is 11.8. The van der Waals surface area contributed by atoms with Crippen molar-refractivity contribution in [3.63, 3.8) is 0 Å². The van der Waals surface area contributed by atoms with Crippen LogP contribution < -0.4 is 10.2 Å². The Morgan fingerprint density at radius 1 is 0.971 bits per heavy atom. The molecule has 0 unspecified atom stereocenters.